The molecule has 0 saturated heterocycles. The molecule has 0 spiro atoms. The maximum Gasteiger partial charge on any atom is 0.0689 e. The summed E-state index contributed by atoms with van der Waals surface area (Å²) in [6, 6.07) is 7.29. The Labute approximate surface area is 96.1 Å². The van der Waals surface area contributed by atoms with E-state index < -0.39 is 0 Å². The predicted molar refractivity (Wildman–Crippen MR) is 68.9 cm³/mol. The minimum Gasteiger partial charge on any atom is -0.381 e. The van der Waals surface area contributed by atoms with Crippen molar-refractivity contribution in [3.05, 3.63) is 30.0 Å². The molecule has 1 aliphatic carbocycles. The zero-order chi connectivity index (χ0) is 11.0. The van der Waals surface area contributed by atoms with Crippen LogP contribution in [0.2, 0.25) is 0 Å². The summed E-state index contributed by atoms with van der Waals surface area (Å²) in [5.41, 5.74) is 3.84. The Bertz CT molecular complexity index is 492. The molecule has 0 atom stereocenters. The van der Waals surface area contributed by atoms with Crippen molar-refractivity contribution in [1.82, 2.24) is 4.98 Å². The van der Waals surface area contributed by atoms with Crippen molar-refractivity contribution in [2.24, 2.45) is 0 Å². The molecule has 2 aromatic rings. The minimum absolute atomic E-state index is 0.674. The van der Waals surface area contributed by atoms with Crippen molar-refractivity contribution in [3.8, 4) is 0 Å². The second kappa shape index (κ2) is 3.85. The van der Waals surface area contributed by atoms with Gasteiger partial charge < -0.3 is 10.3 Å². The van der Waals surface area contributed by atoms with Crippen LogP contribution in [0.4, 0.5) is 5.69 Å². The normalized spacial score (nSPS) is 17.1. The highest BCUT2D eigenvalue weighted by Crippen LogP contribution is 2.28. The Hall–Kier alpha value is -1.44. The Morgan fingerprint density at radius 1 is 1.25 bits per heavy atom. The molecule has 1 aromatic carbocycles. The first-order chi connectivity index (χ1) is 7.83. The third-order valence-corrected chi connectivity index (χ3v) is 3.52. The number of benzene rings is 1. The van der Waals surface area contributed by atoms with E-state index in [0.29, 0.717) is 6.04 Å². The molecular formula is C14H18N2. The van der Waals surface area contributed by atoms with Crippen molar-refractivity contribution >= 4 is 16.6 Å². The maximum absolute atomic E-state index is 3.68. The fourth-order valence-electron chi connectivity index (χ4n) is 2.73. The first kappa shape index (κ1) is 9.76. The van der Waals surface area contributed by atoms with Gasteiger partial charge in [-0.15, -0.1) is 0 Å². The van der Waals surface area contributed by atoms with Crippen LogP contribution >= 0.6 is 0 Å². The number of nitrogens with one attached hydrogen (secondary N) is 2. The molecule has 1 heterocycles. The molecule has 1 fully saturated rings. The van der Waals surface area contributed by atoms with E-state index in [0.717, 1.165) is 0 Å². The monoisotopic (exact) mass is 214 g/mol. The highest BCUT2D eigenvalue weighted by molar-refractivity contribution is 5.91. The standard InChI is InChI=1S/C14H18N2/c1-10-8-11-6-7-15-14(11)13(9-10)16-12-4-2-3-5-12/h6-9,12,15-16H,2-5H2,1H3. The molecule has 0 aliphatic heterocycles. The van der Waals surface area contributed by atoms with Gasteiger partial charge >= 0.3 is 0 Å². The van der Waals surface area contributed by atoms with Crippen LogP contribution in [0.5, 0.6) is 0 Å². The molecule has 0 unspecified atom stereocenters. The molecule has 1 aromatic heterocycles. The quantitative estimate of drug-likeness (QED) is 0.781. The minimum atomic E-state index is 0.674. The van der Waals surface area contributed by atoms with Crippen LogP contribution in [0.1, 0.15) is 31.2 Å². The van der Waals surface area contributed by atoms with Crippen molar-refractivity contribution in [3.63, 3.8) is 0 Å². The Morgan fingerprint density at radius 3 is 2.88 bits per heavy atom. The number of hydrogen-bond donors (Lipinski definition) is 2. The lowest BCUT2D eigenvalue weighted by atomic mass is 10.1. The number of aromatic nitrogens is 1. The van der Waals surface area contributed by atoms with Gasteiger partial charge in [-0.3, -0.25) is 0 Å². The zero-order valence-corrected chi connectivity index (χ0v) is 9.72. The second-order valence-corrected chi connectivity index (χ2v) is 4.88. The van der Waals surface area contributed by atoms with Gasteiger partial charge in [0.1, 0.15) is 0 Å². The van der Waals surface area contributed by atoms with Crippen LogP contribution in [0.25, 0.3) is 10.9 Å². The highest BCUT2D eigenvalue weighted by atomic mass is 14.9. The first-order valence-corrected chi connectivity index (χ1v) is 6.17. The summed E-state index contributed by atoms with van der Waals surface area (Å²) in [4.78, 5) is 3.33. The van der Waals surface area contributed by atoms with Gasteiger partial charge in [-0.05, 0) is 43.5 Å². The summed E-state index contributed by atoms with van der Waals surface area (Å²) in [6.45, 7) is 2.16. The van der Waals surface area contributed by atoms with E-state index in [1.54, 1.807) is 0 Å². The van der Waals surface area contributed by atoms with Crippen LogP contribution in [0.15, 0.2) is 24.4 Å². The fourth-order valence-corrected chi connectivity index (χ4v) is 2.73. The largest absolute Gasteiger partial charge is 0.381 e. The summed E-state index contributed by atoms with van der Waals surface area (Å²) in [6.07, 6.45) is 7.39. The van der Waals surface area contributed by atoms with Crippen molar-refractivity contribution < 1.29 is 0 Å². The van der Waals surface area contributed by atoms with E-state index in [-0.39, 0.29) is 0 Å². The fraction of sp³-hybridized carbons (Fsp3) is 0.429. The molecule has 0 bridgehead atoms. The van der Waals surface area contributed by atoms with Gasteiger partial charge in [-0.1, -0.05) is 12.8 Å². The second-order valence-electron chi connectivity index (χ2n) is 4.88. The van der Waals surface area contributed by atoms with Crippen LogP contribution in [0.3, 0.4) is 0 Å². The molecule has 3 rings (SSSR count). The number of fused-ring (bicyclic) bond motifs is 1. The Kier molecular flexibility index (Phi) is 2.35. The van der Waals surface area contributed by atoms with Gasteiger partial charge in [-0.2, -0.15) is 0 Å². The van der Waals surface area contributed by atoms with Gasteiger partial charge in [0.05, 0.1) is 11.2 Å². The van der Waals surface area contributed by atoms with E-state index >= 15 is 0 Å². The summed E-state index contributed by atoms with van der Waals surface area (Å²) >= 11 is 0. The van der Waals surface area contributed by atoms with E-state index in [4.69, 9.17) is 0 Å². The van der Waals surface area contributed by atoms with Crippen molar-refractivity contribution in [2.45, 2.75) is 38.6 Å². The summed E-state index contributed by atoms with van der Waals surface area (Å²) in [5.74, 6) is 0. The van der Waals surface area contributed by atoms with Gasteiger partial charge in [0.15, 0.2) is 0 Å². The summed E-state index contributed by atoms with van der Waals surface area (Å²) in [5, 5.41) is 4.99. The van der Waals surface area contributed by atoms with E-state index in [1.165, 1.54) is 47.8 Å². The van der Waals surface area contributed by atoms with E-state index in [9.17, 15) is 0 Å². The smallest absolute Gasteiger partial charge is 0.0689 e. The van der Waals surface area contributed by atoms with Crippen molar-refractivity contribution in [2.75, 3.05) is 5.32 Å². The lowest BCUT2D eigenvalue weighted by molar-refractivity contribution is 0.756. The summed E-state index contributed by atoms with van der Waals surface area (Å²) < 4.78 is 0. The molecule has 84 valence electrons. The maximum atomic E-state index is 3.68. The Morgan fingerprint density at radius 2 is 2.06 bits per heavy atom. The average Bonchev–Trinajstić information content (AvgIpc) is 2.87. The highest BCUT2D eigenvalue weighted by Gasteiger charge is 2.15. The van der Waals surface area contributed by atoms with Gasteiger partial charge in [0.2, 0.25) is 0 Å². The lowest BCUT2D eigenvalue weighted by Gasteiger charge is -2.15. The number of aromatic amines is 1. The number of rotatable bonds is 2. The van der Waals surface area contributed by atoms with Gasteiger partial charge in [-0.25, -0.2) is 0 Å². The molecule has 16 heavy (non-hydrogen) atoms. The molecule has 2 N–H and O–H groups in total. The SMILES string of the molecule is Cc1cc(NC2CCCC2)c2[nH]ccc2c1. The molecule has 1 saturated carbocycles. The van der Waals surface area contributed by atoms with Crippen LogP contribution in [-0.2, 0) is 0 Å². The molecule has 0 amide bonds. The number of hydrogen-bond acceptors (Lipinski definition) is 1. The number of aryl methyl sites for hydroxylation is 1. The first-order valence-electron chi connectivity index (χ1n) is 6.17. The molecule has 1 aliphatic rings. The van der Waals surface area contributed by atoms with Gasteiger partial charge in [0, 0.05) is 17.6 Å². The molecule has 0 radical (unpaired) electrons. The van der Waals surface area contributed by atoms with E-state index in [1.807, 2.05) is 6.20 Å². The number of anilines is 1. The topological polar surface area (TPSA) is 27.8 Å². The van der Waals surface area contributed by atoms with Crippen LogP contribution < -0.4 is 5.32 Å². The average molecular weight is 214 g/mol. The third kappa shape index (κ3) is 1.69. The predicted octanol–water partition coefficient (Wildman–Crippen LogP) is 3.83. The molecule has 2 nitrogen and oxygen atoms in total. The molecular weight excluding hydrogens is 196 g/mol. The lowest BCUT2D eigenvalue weighted by Crippen LogP contribution is -2.14. The Balaban J connectivity index is 1.97. The van der Waals surface area contributed by atoms with Crippen LogP contribution in [-0.4, -0.2) is 11.0 Å². The molecule has 2 heteroatoms. The third-order valence-electron chi connectivity index (χ3n) is 3.52. The summed E-state index contributed by atoms with van der Waals surface area (Å²) in [7, 11) is 0. The zero-order valence-electron chi connectivity index (χ0n) is 9.72. The van der Waals surface area contributed by atoms with Gasteiger partial charge in [0.25, 0.3) is 0 Å². The number of H-pyrrole nitrogens is 1. The van der Waals surface area contributed by atoms with Crippen LogP contribution in [0, 0.1) is 6.92 Å². The van der Waals surface area contributed by atoms with Crippen molar-refractivity contribution in [1.29, 1.82) is 0 Å². The van der Waals surface area contributed by atoms with E-state index in [2.05, 4.69) is 35.4 Å².